The van der Waals surface area contributed by atoms with Crippen molar-refractivity contribution in [3.63, 3.8) is 0 Å². The average Bonchev–Trinajstić information content (AvgIpc) is 2.51. The van der Waals surface area contributed by atoms with E-state index in [9.17, 15) is 9.50 Å². The zero-order valence-electron chi connectivity index (χ0n) is 11.5. The van der Waals surface area contributed by atoms with Crippen molar-refractivity contribution in [1.82, 2.24) is 9.97 Å². The third-order valence-electron chi connectivity index (χ3n) is 3.08. The van der Waals surface area contributed by atoms with Gasteiger partial charge in [-0.15, -0.1) is 0 Å². The first-order valence-electron chi connectivity index (χ1n) is 6.33. The molecular weight excluding hydrogens is 309 g/mol. The zero-order chi connectivity index (χ0) is 15.7. The molecule has 0 saturated heterocycles. The molecule has 0 atom stereocenters. The number of phenolic OH excluding ortho intramolecular Hbond substituents is 1. The topological polar surface area (TPSA) is 67.3 Å². The van der Waals surface area contributed by atoms with Gasteiger partial charge in [0.1, 0.15) is 0 Å². The summed E-state index contributed by atoms with van der Waals surface area (Å²) in [5, 5.41) is 13.1. The highest BCUT2D eigenvalue weighted by Crippen LogP contribution is 2.31. The summed E-state index contributed by atoms with van der Waals surface area (Å²) in [4.78, 5) is 8.35. The molecular formula is C15H11ClFN3O2. The maximum Gasteiger partial charge on any atom is 0.227 e. The minimum atomic E-state index is -0.573. The number of hydrogen-bond acceptors (Lipinski definition) is 5. The van der Waals surface area contributed by atoms with Crippen molar-refractivity contribution in [1.29, 1.82) is 0 Å². The number of fused-ring (bicyclic) bond motifs is 1. The van der Waals surface area contributed by atoms with Crippen LogP contribution >= 0.6 is 11.6 Å². The molecule has 5 nitrogen and oxygen atoms in total. The lowest BCUT2D eigenvalue weighted by Crippen LogP contribution is -1.99. The van der Waals surface area contributed by atoms with Crippen molar-refractivity contribution in [2.24, 2.45) is 0 Å². The third kappa shape index (κ3) is 2.60. The predicted octanol–water partition coefficient (Wildman–Crippen LogP) is 3.88. The highest BCUT2D eigenvalue weighted by molar-refractivity contribution is 6.31. The maximum atomic E-state index is 13.9. The molecule has 2 aromatic carbocycles. The van der Waals surface area contributed by atoms with E-state index in [-0.39, 0.29) is 22.4 Å². The van der Waals surface area contributed by atoms with Crippen LogP contribution in [0.1, 0.15) is 0 Å². The van der Waals surface area contributed by atoms with E-state index in [2.05, 4.69) is 15.3 Å². The van der Waals surface area contributed by atoms with Crippen LogP contribution in [-0.4, -0.2) is 22.2 Å². The summed E-state index contributed by atoms with van der Waals surface area (Å²) in [5.74, 6) is -0.0659. The van der Waals surface area contributed by atoms with Crippen LogP contribution in [-0.2, 0) is 0 Å². The van der Waals surface area contributed by atoms with Gasteiger partial charge in [-0.05, 0) is 18.2 Å². The summed E-state index contributed by atoms with van der Waals surface area (Å²) in [6, 6.07) is 7.68. The number of hydrogen-bond donors (Lipinski definition) is 2. The molecule has 1 aromatic heterocycles. The van der Waals surface area contributed by atoms with Crippen LogP contribution < -0.4 is 10.1 Å². The molecule has 0 saturated carbocycles. The highest BCUT2D eigenvalue weighted by atomic mass is 35.5. The summed E-state index contributed by atoms with van der Waals surface area (Å²) >= 11 is 5.73. The summed E-state index contributed by atoms with van der Waals surface area (Å²) in [5.41, 5.74) is 0.729. The van der Waals surface area contributed by atoms with E-state index in [0.717, 1.165) is 0 Å². The molecule has 3 aromatic rings. The van der Waals surface area contributed by atoms with Crippen molar-refractivity contribution in [2.75, 3.05) is 12.4 Å². The van der Waals surface area contributed by atoms with Crippen LogP contribution in [0, 0.1) is 5.82 Å². The van der Waals surface area contributed by atoms with Crippen LogP contribution in [0.4, 0.5) is 16.0 Å². The van der Waals surface area contributed by atoms with Crippen molar-refractivity contribution in [3.05, 3.63) is 47.4 Å². The Kier molecular flexibility index (Phi) is 3.68. The van der Waals surface area contributed by atoms with Crippen LogP contribution in [0.25, 0.3) is 10.9 Å². The first kappa shape index (κ1) is 14.3. The summed E-state index contributed by atoms with van der Waals surface area (Å²) in [7, 11) is 1.45. The van der Waals surface area contributed by atoms with Crippen molar-refractivity contribution >= 4 is 34.1 Å². The Hall–Kier alpha value is -2.60. The normalized spacial score (nSPS) is 10.7. The molecule has 0 radical (unpaired) electrons. The minimum Gasteiger partial charge on any atom is -0.504 e. The molecule has 0 bridgehead atoms. The van der Waals surface area contributed by atoms with Crippen molar-refractivity contribution in [2.45, 2.75) is 0 Å². The molecule has 2 N–H and O–H groups in total. The molecule has 0 aliphatic rings. The number of anilines is 2. The molecule has 0 aliphatic carbocycles. The lowest BCUT2D eigenvalue weighted by atomic mass is 10.2. The number of ether oxygens (including phenoxy) is 1. The standard InChI is InChI=1S/C15H11ClFN3O2/c1-22-13-6-11-8(5-12(13)21)7-18-15(20-11)19-10-4-2-3-9(16)14(10)17/h2-7,21H,1H3,(H,18,19,20). The highest BCUT2D eigenvalue weighted by Gasteiger charge is 2.10. The van der Waals surface area contributed by atoms with Gasteiger partial charge in [-0.3, -0.25) is 0 Å². The van der Waals surface area contributed by atoms with E-state index in [0.29, 0.717) is 16.7 Å². The van der Waals surface area contributed by atoms with Gasteiger partial charge < -0.3 is 15.2 Å². The fraction of sp³-hybridized carbons (Fsp3) is 0.0667. The number of methoxy groups -OCH3 is 1. The molecule has 22 heavy (non-hydrogen) atoms. The number of benzene rings is 2. The lowest BCUT2D eigenvalue weighted by Gasteiger charge is -2.09. The Morgan fingerprint density at radius 3 is 2.91 bits per heavy atom. The molecule has 0 aliphatic heterocycles. The summed E-state index contributed by atoms with van der Waals surface area (Å²) in [6.07, 6.45) is 1.52. The smallest absolute Gasteiger partial charge is 0.227 e. The Morgan fingerprint density at radius 1 is 1.32 bits per heavy atom. The Morgan fingerprint density at radius 2 is 2.14 bits per heavy atom. The molecule has 7 heteroatoms. The second-order valence-corrected chi connectivity index (χ2v) is 4.91. The second kappa shape index (κ2) is 5.65. The fourth-order valence-electron chi connectivity index (χ4n) is 1.99. The summed E-state index contributed by atoms with van der Waals surface area (Å²) < 4.78 is 18.9. The number of aromatic hydroxyl groups is 1. The minimum absolute atomic E-state index is 0.000180. The molecule has 0 amide bonds. The van der Waals surface area contributed by atoms with E-state index >= 15 is 0 Å². The van der Waals surface area contributed by atoms with Crippen LogP contribution in [0.2, 0.25) is 5.02 Å². The monoisotopic (exact) mass is 319 g/mol. The van der Waals surface area contributed by atoms with Gasteiger partial charge in [0, 0.05) is 17.6 Å². The molecule has 0 spiro atoms. The van der Waals surface area contributed by atoms with Crippen LogP contribution in [0.15, 0.2) is 36.5 Å². The molecule has 112 valence electrons. The largest absolute Gasteiger partial charge is 0.504 e. The molecule has 0 unspecified atom stereocenters. The zero-order valence-corrected chi connectivity index (χ0v) is 12.2. The Labute approximate surface area is 130 Å². The van der Waals surface area contributed by atoms with E-state index in [1.54, 1.807) is 12.1 Å². The van der Waals surface area contributed by atoms with Gasteiger partial charge >= 0.3 is 0 Å². The molecule has 0 fully saturated rings. The SMILES string of the molecule is COc1cc2nc(Nc3cccc(Cl)c3F)ncc2cc1O. The first-order valence-corrected chi connectivity index (χ1v) is 6.71. The number of halogens is 2. The fourth-order valence-corrected chi connectivity index (χ4v) is 2.17. The van der Waals surface area contributed by atoms with E-state index in [1.807, 2.05) is 0 Å². The van der Waals surface area contributed by atoms with Crippen molar-refractivity contribution in [3.8, 4) is 11.5 Å². The number of phenols is 1. The van der Waals surface area contributed by atoms with Gasteiger partial charge in [-0.2, -0.15) is 0 Å². The summed E-state index contributed by atoms with van der Waals surface area (Å²) in [6.45, 7) is 0. The van der Waals surface area contributed by atoms with Crippen molar-refractivity contribution < 1.29 is 14.2 Å². The maximum absolute atomic E-state index is 13.9. The predicted molar refractivity (Wildman–Crippen MR) is 82.4 cm³/mol. The second-order valence-electron chi connectivity index (χ2n) is 4.50. The van der Waals surface area contributed by atoms with Gasteiger partial charge in [0.2, 0.25) is 5.95 Å². The quantitative estimate of drug-likeness (QED) is 0.767. The van der Waals surface area contributed by atoms with E-state index in [4.69, 9.17) is 16.3 Å². The lowest BCUT2D eigenvalue weighted by molar-refractivity contribution is 0.374. The van der Waals surface area contributed by atoms with Gasteiger partial charge in [0.05, 0.1) is 23.3 Å². The van der Waals surface area contributed by atoms with E-state index < -0.39 is 5.82 Å². The first-order chi connectivity index (χ1) is 10.6. The number of aromatic nitrogens is 2. The van der Waals surface area contributed by atoms with Crippen LogP contribution in [0.5, 0.6) is 11.5 Å². The van der Waals surface area contributed by atoms with Crippen LogP contribution in [0.3, 0.4) is 0 Å². The third-order valence-corrected chi connectivity index (χ3v) is 3.37. The number of rotatable bonds is 3. The van der Waals surface area contributed by atoms with E-state index in [1.165, 1.54) is 31.5 Å². The Bertz CT molecular complexity index is 858. The molecule has 1 heterocycles. The Balaban J connectivity index is 2.01. The van der Waals surface area contributed by atoms with Gasteiger partial charge in [0.25, 0.3) is 0 Å². The number of nitrogens with one attached hydrogen (secondary N) is 1. The average molecular weight is 320 g/mol. The number of nitrogens with zero attached hydrogens (tertiary/aromatic N) is 2. The van der Waals surface area contributed by atoms with Gasteiger partial charge in [0.15, 0.2) is 17.3 Å². The van der Waals surface area contributed by atoms with Gasteiger partial charge in [-0.25, -0.2) is 14.4 Å². The van der Waals surface area contributed by atoms with Gasteiger partial charge in [-0.1, -0.05) is 17.7 Å². The molecule has 3 rings (SSSR count).